The first-order valence-corrected chi connectivity index (χ1v) is 19.1. The molecule has 0 bridgehead atoms. The van der Waals surface area contributed by atoms with Crippen molar-refractivity contribution in [2.75, 3.05) is 57.3 Å². The molecule has 0 spiro atoms. The zero-order valence-electron chi connectivity index (χ0n) is 27.5. The van der Waals surface area contributed by atoms with Crippen molar-refractivity contribution in [3.8, 4) is 0 Å². The molecule has 2 heterocycles. The summed E-state index contributed by atoms with van der Waals surface area (Å²) >= 11 is 0. The fourth-order valence-electron chi connectivity index (χ4n) is 12.9. The van der Waals surface area contributed by atoms with Gasteiger partial charge in [0.2, 0.25) is 0 Å². The van der Waals surface area contributed by atoms with Crippen LogP contribution in [-0.4, -0.2) is 87.9 Å². The van der Waals surface area contributed by atoms with E-state index in [-0.39, 0.29) is 12.1 Å². The molecule has 2 saturated heterocycles. The van der Waals surface area contributed by atoms with Crippen LogP contribution < -0.4 is 5.32 Å². The van der Waals surface area contributed by atoms with Crippen LogP contribution in [0.15, 0.2) is 0 Å². The SMILES string of the molecule is CC12CCN(CC(=O)O)C(C)(C)C1CCC1(C)C2CCC2[C@H]3CCCC3(CNCCCN3CCS(=O)CC3)CC[C@]21C. The van der Waals surface area contributed by atoms with E-state index < -0.39 is 16.8 Å². The normalized spacial score (nSPS) is 45.9. The summed E-state index contributed by atoms with van der Waals surface area (Å²) in [4.78, 5) is 16.5. The Hall–Kier alpha value is -0.500. The lowest BCUT2D eigenvalue weighted by Crippen LogP contribution is -2.69. The fourth-order valence-corrected chi connectivity index (χ4v) is 14.0. The van der Waals surface area contributed by atoms with Gasteiger partial charge in [-0.05, 0) is 143 Å². The van der Waals surface area contributed by atoms with E-state index in [9.17, 15) is 14.1 Å². The zero-order valence-corrected chi connectivity index (χ0v) is 28.3. The molecule has 8 atom stereocenters. The number of likely N-dealkylation sites (tertiary alicyclic amines) is 1. The van der Waals surface area contributed by atoms with Crippen molar-refractivity contribution in [3.63, 3.8) is 0 Å². The Bertz CT molecular complexity index is 1040. The second kappa shape index (κ2) is 11.4. The second-order valence-electron chi connectivity index (χ2n) is 17.0. The Kier molecular flexibility index (Phi) is 8.53. The van der Waals surface area contributed by atoms with Gasteiger partial charge in [0.05, 0.1) is 6.54 Å². The molecule has 4 aliphatic carbocycles. The van der Waals surface area contributed by atoms with Crippen molar-refractivity contribution in [1.82, 2.24) is 15.1 Å². The maximum Gasteiger partial charge on any atom is 0.317 e. The van der Waals surface area contributed by atoms with Gasteiger partial charge in [-0.15, -0.1) is 0 Å². The van der Waals surface area contributed by atoms with E-state index in [1.807, 2.05) is 0 Å². The van der Waals surface area contributed by atoms with Crippen molar-refractivity contribution in [3.05, 3.63) is 0 Å². The predicted molar refractivity (Wildman–Crippen MR) is 172 cm³/mol. The van der Waals surface area contributed by atoms with Gasteiger partial charge < -0.3 is 15.3 Å². The molecule has 6 aliphatic rings. The summed E-state index contributed by atoms with van der Waals surface area (Å²) in [6, 6.07) is 0. The number of carboxylic acid groups (broad SMARTS) is 1. The summed E-state index contributed by atoms with van der Waals surface area (Å²) in [6.07, 6.45) is 14.8. The van der Waals surface area contributed by atoms with E-state index in [0.717, 1.165) is 68.4 Å². The number of nitrogens with one attached hydrogen (secondary N) is 1. The van der Waals surface area contributed by atoms with Crippen LogP contribution in [-0.2, 0) is 15.6 Å². The van der Waals surface area contributed by atoms with Crippen molar-refractivity contribution < 1.29 is 14.1 Å². The quantitative estimate of drug-likeness (QED) is 0.350. The Morgan fingerprint density at radius 1 is 0.857 bits per heavy atom. The molecule has 4 saturated carbocycles. The molecule has 0 aromatic rings. The van der Waals surface area contributed by atoms with Crippen LogP contribution in [0.1, 0.15) is 105 Å². The summed E-state index contributed by atoms with van der Waals surface area (Å²) < 4.78 is 11.7. The monoisotopic (exact) mass is 603 g/mol. The van der Waals surface area contributed by atoms with Crippen molar-refractivity contribution >= 4 is 16.8 Å². The predicted octanol–water partition coefficient (Wildman–Crippen LogP) is 5.63. The third kappa shape index (κ3) is 4.97. The number of rotatable bonds is 8. The average molecular weight is 604 g/mol. The van der Waals surface area contributed by atoms with Crippen LogP contribution in [0.2, 0.25) is 0 Å². The number of nitrogens with zero attached hydrogens (tertiary/aromatic N) is 2. The minimum Gasteiger partial charge on any atom is -0.480 e. The number of aliphatic carboxylic acids is 1. The first kappa shape index (κ1) is 31.5. The highest BCUT2D eigenvalue weighted by Crippen LogP contribution is 2.76. The zero-order chi connectivity index (χ0) is 30.0. The molecule has 6 fully saturated rings. The molecule has 2 N–H and O–H groups in total. The minimum atomic E-state index is -0.683. The Balaban J connectivity index is 1.13. The maximum atomic E-state index is 11.7. The summed E-state index contributed by atoms with van der Waals surface area (Å²) in [5.74, 6) is 4.08. The van der Waals surface area contributed by atoms with Gasteiger partial charge in [-0.1, -0.05) is 27.2 Å². The Morgan fingerprint density at radius 3 is 2.36 bits per heavy atom. The molecule has 0 aromatic heterocycles. The van der Waals surface area contributed by atoms with Gasteiger partial charge in [-0.2, -0.15) is 0 Å². The summed E-state index contributed by atoms with van der Waals surface area (Å²) in [5, 5.41) is 13.6. The first-order chi connectivity index (χ1) is 19.9. The summed E-state index contributed by atoms with van der Waals surface area (Å²) in [7, 11) is -0.580. The largest absolute Gasteiger partial charge is 0.480 e. The van der Waals surface area contributed by atoms with Crippen molar-refractivity contribution in [1.29, 1.82) is 0 Å². The molecule has 6 unspecified atom stereocenters. The Labute approximate surface area is 259 Å². The highest BCUT2D eigenvalue weighted by atomic mass is 32.2. The van der Waals surface area contributed by atoms with E-state index in [1.54, 1.807) is 0 Å². The molecule has 240 valence electrons. The van der Waals surface area contributed by atoms with Crippen LogP contribution in [0.3, 0.4) is 0 Å². The van der Waals surface area contributed by atoms with Gasteiger partial charge in [-0.25, -0.2) is 0 Å². The summed E-state index contributed by atoms with van der Waals surface area (Å²) in [5.41, 5.74) is 1.54. The van der Waals surface area contributed by atoms with E-state index in [0.29, 0.717) is 27.6 Å². The van der Waals surface area contributed by atoms with Gasteiger partial charge >= 0.3 is 5.97 Å². The standard InChI is InChI=1S/C35H61N3O3S/c1-31(2)28-11-13-34(5)29(32(28,3)16-19-38(31)24-30(39)40)10-9-26-27-8-6-12-35(27,15-14-33(26,34)4)25-36-17-7-18-37-20-22-42(41)23-21-37/h26-29,36H,6-25H2,1-5H3,(H,39,40)/t26?,27-,28?,29?,32?,33-,34?,35?/m1/s1. The molecule has 6 nitrogen and oxygen atoms in total. The molecule has 7 heteroatoms. The van der Waals surface area contributed by atoms with Crippen LogP contribution in [0.4, 0.5) is 0 Å². The van der Waals surface area contributed by atoms with Gasteiger partial charge in [-0.3, -0.25) is 13.9 Å². The van der Waals surface area contributed by atoms with Crippen molar-refractivity contribution in [2.45, 2.75) is 111 Å². The highest BCUT2D eigenvalue weighted by molar-refractivity contribution is 7.85. The lowest BCUT2D eigenvalue weighted by molar-refractivity contribution is -0.239. The van der Waals surface area contributed by atoms with E-state index in [4.69, 9.17) is 0 Å². The molecule has 0 radical (unpaired) electrons. The highest BCUT2D eigenvalue weighted by Gasteiger charge is 2.69. The third-order valence-corrected chi connectivity index (χ3v) is 16.6. The number of carboxylic acids is 1. The molecular weight excluding hydrogens is 542 g/mol. The molecular formula is C35H61N3O3S. The van der Waals surface area contributed by atoms with Gasteiger partial charge in [0, 0.05) is 47.5 Å². The maximum absolute atomic E-state index is 11.7. The molecule has 0 aromatic carbocycles. The number of carbonyl (C=O) groups is 1. The average Bonchev–Trinajstić information content (AvgIpc) is 3.36. The number of fused-ring (bicyclic) bond motifs is 7. The Morgan fingerprint density at radius 2 is 1.62 bits per heavy atom. The third-order valence-electron chi connectivity index (χ3n) is 15.3. The lowest BCUT2D eigenvalue weighted by Gasteiger charge is -2.73. The van der Waals surface area contributed by atoms with Crippen LogP contribution in [0.25, 0.3) is 0 Å². The molecule has 6 rings (SSSR count). The van der Waals surface area contributed by atoms with Crippen LogP contribution in [0.5, 0.6) is 0 Å². The number of hydrogen-bond donors (Lipinski definition) is 2. The minimum absolute atomic E-state index is 0.0594. The summed E-state index contributed by atoms with van der Waals surface area (Å²) in [6.45, 7) is 19.4. The lowest BCUT2D eigenvalue weighted by atomic mass is 9.33. The molecule has 42 heavy (non-hydrogen) atoms. The number of piperidine rings is 1. The smallest absolute Gasteiger partial charge is 0.317 e. The van der Waals surface area contributed by atoms with E-state index in [2.05, 4.69) is 49.7 Å². The fraction of sp³-hybridized carbons (Fsp3) is 0.971. The van der Waals surface area contributed by atoms with Gasteiger partial charge in [0.1, 0.15) is 0 Å². The van der Waals surface area contributed by atoms with Gasteiger partial charge in [0.15, 0.2) is 0 Å². The van der Waals surface area contributed by atoms with E-state index >= 15 is 0 Å². The van der Waals surface area contributed by atoms with Crippen LogP contribution >= 0.6 is 0 Å². The van der Waals surface area contributed by atoms with E-state index in [1.165, 1.54) is 70.8 Å². The topological polar surface area (TPSA) is 72.9 Å². The van der Waals surface area contributed by atoms with Crippen LogP contribution in [0, 0.1) is 45.3 Å². The molecule has 0 amide bonds. The number of hydrogen-bond acceptors (Lipinski definition) is 5. The first-order valence-electron chi connectivity index (χ1n) is 17.6. The molecule has 2 aliphatic heterocycles. The second-order valence-corrected chi connectivity index (χ2v) is 18.7. The van der Waals surface area contributed by atoms with Gasteiger partial charge in [0.25, 0.3) is 0 Å². The van der Waals surface area contributed by atoms with Crippen molar-refractivity contribution in [2.24, 2.45) is 45.3 Å².